The molecule has 3 rings (SSSR count). The van der Waals surface area contributed by atoms with E-state index in [9.17, 15) is 9.59 Å². The minimum absolute atomic E-state index is 0.0224. The van der Waals surface area contributed by atoms with E-state index in [1.807, 2.05) is 94.4 Å². The molecule has 38 heavy (non-hydrogen) atoms. The quantitative estimate of drug-likeness (QED) is 0.313. The number of halogens is 1. The van der Waals surface area contributed by atoms with Crippen LogP contribution < -0.4 is 14.8 Å². The highest BCUT2D eigenvalue weighted by atomic mass is 35.5. The van der Waals surface area contributed by atoms with E-state index in [4.69, 9.17) is 21.1 Å². The van der Waals surface area contributed by atoms with Gasteiger partial charge >= 0.3 is 0 Å². The van der Waals surface area contributed by atoms with E-state index in [2.05, 4.69) is 5.32 Å². The van der Waals surface area contributed by atoms with E-state index >= 15 is 0 Å². The van der Waals surface area contributed by atoms with Crippen LogP contribution in [0.3, 0.4) is 0 Å². The van der Waals surface area contributed by atoms with Crippen molar-refractivity contribution >= 4 is 23.4 Å². The lowest BCUT2D eigenvalue weighted by atomic mass is 10.0. The van der Waals surface area contributed by atoms with Crippen LogP contribution in [0, 0.1) is 13.8 Å². The highest BCUT2D eigenvalue weighted by molar-refractivity contribution is 6.32. The minimum Gasteiger partial charge on any atom is -0.497 e. The lowest BCUT2D eigenvalue weighted by Crippen LogP contribution is -2.53. The number of rotatable bonds is 12. The number of benzene rings is 3. The van der Waals surface area contributed by atoms with Crippen molar-refractivity contribution in [2.45, 2.75) is 59.2 Å². The van der Waals surface area contributed by atoms with Gasteiger partial charge in [-0.05, 0) is 73.7 Å². The first kappa shape index (κ1) is 29.1. The lowest BCUT2D eigenvalue weighted by Gasteiger charge is -2.32. The number of carbonyl (C=O) groups excluding carboxylic acids is 2. The van der Waals surface area contributed by atoms with Crippen molar-refractivity contribution in [3.8, 4) is 11.5 Å². The Bertz CT molecular complexity index is 1210. The molecule has 0 bridgehead atoms. The summed E-state index contributed by atoms with van der Waals surface area (Å²) >= 11 is 6.30. The Morgan fingerprint density at radius 3 is 2.24 bits per heavy atom. The Hall–Kier alpha value is -3.51. The third-order valence-corrected chi connectivity index (χ3v) is 7.13. The fraction of sp³-hybridized carbons (Fsp3) is 0.355. The first-order valence-electron chi connectivity index (χ1n) is 12.9. The van der Waals surface area contributed by atoms with Crippen LogP contribution in [-0.4, -0.2) is 42.5 Å². The third kappa shape index (κ3) is 7.99. The van der Waals surface area contributed by atoms with Gasteiger partial charge < -0.3 is 19.7 Å². The van der Waals surface area contributed by atoms with Crippen molar-refractivity contribution in [3.05, 3.63) is 94.0 Å². The zero-order valence-corrected chi connectivity index (χ0v) is 23.5. The van der Waals surface area contributed by atoms with Crippen LogP contribution in [0.5, 0.6) is 11.5 Å². The number of carbonyl (C=O) groups is 2. The summed E-state index contributed by atoms with van der Waals surface area (Å²) in [5.41, 5.74) is 3.56. The molecule has 0 saturated carbocycles. The Kier molecular flexibility index (Phi) is 10.6. The molecule has 7 heteroatoms. The van der Waals surface area contributed by atoms with E-state index in [0.717, 1.165) is 28.7 Å². The molecule has 0 spiro atoms. The smallest absolute Gasteiger partial charge is 0.261 e. The summed E-state index contributed by atoms with van der Waals surface area (Å²) in [5.74, 6) is 0.751. The summed E-state index contributed by atoms with van der Waals surface area (Å²) in [4.78, 5) is 29.0. The van der Waals surface area contributed by atoms with Crippen LogP contribution in [0.1, 0.15) is 42.5 Å². The molecule has 3 aromatic rings. The molecule has 0 fully saturated rings. The van der Waals surface area contributed by atoms with E-state index in [1.165, 1.54) is 0 Å². The van der Waals surface area contributed by atoms with E-state index < -0.39 is 6.04 Å². The molecule has 0 unspecified atom stereocenters. The number of hydrogen-bond acceptors (Lipinski definition) is 4. The Labute approximate surface area is 230 Å². The minimum atomic E-state index is -0.734. The molecule has 2 amide bonds. The molecule has 1 N–H and O–H groups in total. The van der Waals surface area contributed by atoms with Crippen molar-refractivity contribution < 1.29 is 19.1 Å². The van der Waals surface area contributed by atoms with Gasteiger partial charge in [-0.2, -0.15) is 0 Å². The second-order valence-electron chi connectivity index (χ2n) is 9.56. The summed E-state index contributed by atoms with van der Waals surface area (Å²) in [6, 6.07) is 20.1. The fourth-order valence-corrected chi connectivity index (χ4v) is 4.29. The van der Waals surface area contributed by atoms with Gasteiger partial charge in [0, 0.05) is 24.0 Å². The summed E-state index contributed by atoms with van der Waals surface area (Å²) in [6.07, 6.45) is 1.16. The number of aryl methyl sites for hydroxylation is 2. The van der Waals surface area contributed by atoms with Crippen LogP contribution in [0.25, 0.3) is 0 Å². The van der Waals surface area contributed by atoms with Gasteiger partial charge in [-0.25, -0.2) is 0 Å². The van der Waals surface area contributed by atoms with E-state index in [1.54, 1.807) is 12.0 Å². The predicted molar refractivity (Wildman–Crippen MR) is 152 cm³/mol. The van der Waals surface area contributed by atoms with Gasteiger partial charge in [0.15, 0.2) is 6.61 Å². The van der Waals surface area contributed by atoms with Crippen LogP contribution >= 0.6 is 11.6 Å². The number of nitrogens with zero attached hydrogens (tertiary/aromatic N) is 1. The average molecular weight is 537 g/mol. The van der Waals surface area contributed by atoms with Crippen LogP contribution in [0.2, 0.25) is 5.02 Å². The maximum Gasteiger partial charge on any atom is 0.261 e. The van der Waals surface area contributed by atoms with Gasteiger partial charge in [0.25, 0.3) is 5.91 Å². The van der Waals surface area contributed by atoms with Crippen molar-refractivity contribution in [2.75, 3.05) is 13.7 Å². The van der Waals surface area contributed by atoms with E-state index in [-0.39, 0.29) is 31.0 Å². The first-order chi connectivity index (χ1) is 18.2. The number of methoxy groups -OCH3 is 1. The molecule has 6 nitrogen and oxygen atoms in total. The zero-order valence-electron chi connectivity index (χ0n) is 22.8. The summed E-state index contributed by atoms with van der Waals surface area (Å²) < 4.78 is 11.3. The molecule has 0 heterocycles. The topological polar surface area (TPSA) is 67.9 Å². The lowest BCUT2D eigenvalue weighted by molar-refractivity contribution is -0.143. The largest absolute Gasteiger partial charge is 0.497 e. The first-order valence-corrected chi connectivity index (χ1v) is 13.3. The second kappa shape index (κ2) is 13.9. The Morgan fingerprint density at radius 2 is 1.61 bits per heavy atom. The molecule has 0 saturated heterocycles. The molecule has 0 aromatic heterocycles. The molecule has 3 aromatic carbocycles. The highest BCUT2D eigenvalue weighted by Gasteiger charge is 2.31. The molecule has 0 aliphatic rings. The Balaban J connectivity index is 1.94. The number of ether oxygens (including phenoxy) is 2. The van der Waals surface area contributed by atoms with Gasteiger partial charge in [-0.15, -0.1) is 0 Å². The third-order valence-electron chi connectivity index (χ3n) is 6.53. The van der Waals surface area contributed by atoms with Crippen LogP contribution in [0.15, 0.2) is 66.7 Å². The van der Waals surface area contributed by atoms with Gasteiger partial charge in [0.05, 0.1) is 7.11 Å². The standard InChI is InChI=1S/C31H37ClN2O4/c1-6-23(4)33-31(36)28(18-24-11-8-7-9-12-24)34(19-25-13-10-14-26(17-25)37-5)29(35)20-38-27-15-21(2)30(32)22(3)16-27/h7-17,23,28H,6,18-20H2,1-5H3,(H,33,36)/t23-,28+/m0/s1. The monoisotopic (exact) mass is 536 g/mol. The average Bonchev–Trinajstić information content (AvgIpc) is 2.92. The second-order valence-corrected chi connectivity index (χ2v) is 9.93. The molecular weight excluding hydrogens is 500 g/mol. The SMILES string of the molecule is CC[C@H](C)NC(=O)[C@@H](Cc1ccccc1)N(Cc1cccc(OC)c1)C(=O)COc1cc(C)c(Cl)c(C)c1. The number of amides is 2. The van der Waals surface area contributed by atoms with E-state index in [0.29, 0.717) is 22.9 Å². The van der Waals surface area contributed by atoms with Gasteiger partial charge in [-0.1, -0.05) is 61.0 Å². The maximum atomic E-state index is 13.8. The van der Waals surface area contributed by atoms with Crippen molar-refractivity contribution in [1.82, 2.24) is 10.2 Å². The molecule has 202 valence electrons. The summed E-state index contributed by atoms with van der Waals surface area (Å²) in [6.45, 7) is 7.78. The van der Waals surface area contributed by atoms with Crippen LogP contribution in [-0.2, 0) is 22.6 Å². The van der Waals surface area contributed by atoms with Gasteiger partial charge in [0.1, 0.15) is 17.5 Å². The zero-order chi connectivity index (χ0) is 27.7. The van der Waals surface area contributed by atoms with Gasteiger partial charge in [-0.3, -0.25) is 9.59 Å². The summed E-state index contributed by atoms with van der Waals surface area (Å²) in [5, 5.41) is 3.75. The molecule has 0 aliphatic carbocycles. The Morgan fingerprint density at radius 1 is 0.947 bits per heavy atom. The van der Waals surface area contributed by atoms with Crippen molar-refractivity contribution in [3.63, 3.8) is 0 Å². The molecule has 0 aliphatic heterocycles. The normalized spacial score (nSPS) is 12.4. The number of hydrogen-bond donors (Lipinski definition) is 1. The van der Waals surface area contributed by atoms with Crippen molar-refractivity contribution in [1.29, 1.82) is 0 Å². The van der Waals surface area contributed by atoms with Crippen LogP contribution in [0.4, 0.5) is 0 Å². The fourth-order valence-electron chi connectivity index (χ4n) is 4.18. The molecule has 0 radical (unpaired) electrons. The van der Waals surface area contributed by atoms with Gasteiger partial charge in [0.2, 0.25) is 5.91 Å². The predicted octanol–water partition coefficient (Wildman–Crippen LogP) is 5.90. The molecular formula is C31H37ClN2O4. The van der Waals surface area contributed by atoms with Crippen molar-refractivity contribution in [2.24, 2.45) is 0 Å². The molecule has 2 atom stereocenters. The maximum absolute atomic E-state index is 13.8. The number of nitrogens with one attached hydrogen (secondary N) is 1. The summed E-state index contributed by atoms with van der Waals surface area (Å²) in [7, 11) is 1.60. The highest BCUT2D eigenvalue weighted by Crippen LogP contribution is 2.26.